The maximum Gasteiger partial charge on any atom is 0.139 e. The maximum absolute atomic E-state index is 3.41. The first-order valence-electron chi connectivity index (χ1n) is 12.5. The summed E-state index contributed by atoms with van der Waals surface area (Å²) in [5.74, 6) is 13.5. The molecule has 0 aromatic heterocycles. The molecule has 0 heterocycles. The van der Waals surface area contributed by atoms with Crippen molar-refractivity contribution in [1.29, 1.82) is 0 Å². The molecular weight excluding hydrogens is 364 g/mol. The van der Waals surface area contributed by atoms with Crippen LogP contribution in [0.1, 0.15) is 90.2 Å². The topological polar surface area (TPSA) is 8.88 Å². The molecule has 2 nitrogen and oxygen atoms in total. The van der Waals surface area contributed by atoms with Crippen LogP contribution in [0.15, 0.2) is 24.3 Å². The lowest BCUT2D eigenvalue weighted by atomic mass is 10.1. The quantitative estimate of drug-likeness (QED) is 0.435. The number of unbranched alkanes of at least 4 members (excludes halogenated alkanes) is 4. The van der Waals surface area contributed by atoms with Gasteiger partial charge in [-0.15, -0.1) is 0 Å². The van der Waals surface area contributed by atoms with Gasteiger partial charge in [0.1, 0.15) is 13.1 Å². The first kappa shape index (κ1) is 26.3. The third-order valence-corrected chi connectivity index (χ3v) is 5.56. The van der Waals surface area contributed by atoms with Crippen LogP contribution in [-0.4, -0.2) is 39.3 Å². The minimum atomic E-state index is 0.954. The van der Waals surface area contributed by atoms with Crippen LogP contribution in [0.25, 0.3) is 0 Å². The SMILES string of the molecule is CCCC[NH+](CC#Cc1ccc(C#CC[NH+](CCCC)CCCC)cc1)CCCC. The molecule has 0 aliphatic rings. The highest BCUT2D eigenvalue weighted by Gasteiger charge is 2.05. The average Bonchev–Trinajstić information content (AvgIpc) is 2.77. The van der Waals surface area contributed by atoms with Crippen molar-refractivity contribution in [2.45, 2.75) is 79.1 Å². The molecule has 0 saturated heterocycles. The fraction of sp³-hybridized carbons (Fsp3) is 0.643. The van der Waals surface area contributed by atoms with Crippen LogP contribution in [0.5, 0.6) is 0 Å². The number of benzene rings is 1. The van der Waals surface area contributed by atoms with Gasteiger partial charge in [-0.3, -0.25) is 0 Å². The van der Waals surface area contributed by atoms with Gasteiger partial charge in [0.25, 0.3) is 0 Å². The molecule has 0 saturated carbocycles. The summed E-state index contributed by atoms with van der Waals surface area (Å²) in [5, 5.41) is 0. The lowest BCUT2D eigenvalue weighted by Crippen LogP contribution is -3.12. The van der Waals surface area contributed by atoms with E-state index in [0.29, 0.717) is 0 Å². The normalized spacial score (nSPS) is 10.6. The number of hydrogen-bond acceptors (Lipinski definition) is 0. The van der Waals surface area contributed by atoms with E-state index in [4.69, 9.17) is 0 Å². The third kappa shape index (κ3) is 12.7. The number of quaternary nitrogens is 2. The van der Waals surface area contributed by atoms with E-state index < -0.39 is 0 Å². The molecule has 2 heteroatoms. The zero-order valence-electron chi connectivity index (χ0n) is 20.2. The first-order valence-corrected chi connectivity index (χ1v) is 12.5. The molecule has 1 aromatic rings. The summed E-state index contributed by atoms with van der Waals surface area (Å²) in [5.41, 5.74) is 2.20. The van der Waals surface area contributed by atoms with E-state index >= 15 is 0 Å². The lowest BCUT2D eigenvalue weighted by Gasteiger charge is -2.16. The Morgan fingerprint density at radius 3 is 1.10 bits per heavy atom. The Balaban J connectivity index is 2.56. The van der Waals surface area contributed by atoms with Crippen LogP contribution in [0.2, 0.25) is 0 Å². The highest BCUT2D eigenvalue weighted by molar-refractivity contribution is 5.41. The highest BCUT2D eigenvalue weighted by Crippen LogP contribution is 2.01. The smallest absolute Gasteiger partial charge is 0.139 e. The predicted octanol–water partition coefficient (Wildman–Crippen LogP) is 3.36. The average molecular weight is 411 g/mol. The molecule has 0 unspecified atom stereocenters. The van der Waals surface area contributed by atoms with Gasteiger partial charge in [-0.25, -0.2) is 0 Å². The summed E-state index contributed by atoms with van der Waals surface area (Å²) in [6, 6.07) is 8.47. The summed E-state index contributed by atoms with van der Waals surface area (Å²) in [7, 11) is 0. The van der Waals surface area contributed by atoms with Crippen LogP contribution in [0.3, 0.4) is 0 Å². The van der Waals surface area contributed by atoms with Gasteiger partial charge in [-0.05, 0) is 61.8 Å². The van der Waals surface area contributed by atoms with Crippen LogP contribution in [0, 0.1) is 23.7 Å². The molecule has 1 aromatic carbocycles. The minimum absolute atomic E-state index is 0.954. The standard InChI is InChI=1S/C28H44N2/c1-5-9-21-29(22-10-6-2)25-13-15-27-17-19-28(20-18-27)16-14-26-30(23-11-7-3)24-12-8-4/h17-20H,5-12,21-26H2,1-4H3/p+2. The van der Waals surface area contributed by atoms with E-state index in [0.717, 1.165) is 24.2 Å². The molecule has 1 rings (SSSR count). The second-order valence-electron chi connectivity index (χ2n) is 8.45. The second-order valence-corrected chi connectivity index (χ2v) is 8.45. The monoisotopic (exact) mass is 410 g/mol. The molecule has 30 heavy (non-hydrogen) atoms. The summed E-state index contributed by atoms with van der Waals surface area (Å²) in [6.07, 6.45) is 10.2. The maximum atomic E-state index is 3.41. The summed E-state index contributed by atoms with van der Waals surface area (Å²) in [4.78, 5) is 3.26. The van der Waals surface area contributed by atoms with Crippen molar-refractivity contribution in [3.8, 4) is 23.7 Å². The molecule has 2 N–H and O–H groups in total. The van der Waals surface area contributed by atoms with Crippen molar-refractivity contribution in [3.63, 3.8) is 0 Å². The van der Waals surface area contributed by atoms with E-state index in [-0.39, 0.29) is 0 Å². The zero-order valence-corrected chi connectivity index (χ0v) is 20.2. The predicted molar refractivity (Wildman–Crippen MR) is 131 cm³/mol. The van der Waals surface area contributed by atoms with E-state index in [9.17, 15) is 0 Å². The van der Waals surface area contributed by atoms with Crippen molar-refractivity contribution in [2.75, 3.05) is 39.3 Å². The largest absolute Gasteiger partial charge is 0.325 e. The van der Waals surface area contributed by atoms with Gasteiger partial charge >= 0.3 is 0 Å². The Kier molecular flexibility index (Phi) is 15.8. The Bertz CT molecular complexity index is 579. The van der Waals surface area contributed by atoms with Crippen LogP contribution >= 0.6 is 0 Å². The van der Waals surface area contributed by atoms with Crippen molar-refractivity contribution < 1.29 is 9.80 Å². The van der Waals surface area contributed by atoms with Gasteiger partial charge in [0, 0.05) is 11.1 Å². The van der Waals surface area contributed by atoms with Gasteiger partial charge < -0.3 is 9.80 Å². The lowest BCUT2D eigenvalue weighted by molar-refractivity contribution is -0.893. The van der Waals surface area contributed by atoms with Gasteiger partial charge in [-0.1, -0.05) is 65.2 Å². The highest BCUT2D eigenvalue weighted by atomic mass is 15.1. The Hall–Kier alpha value is -1.74. The van der Waals surface area contributed by atoms with Crippen molar-refractivity contribution >= 4 is 0 Å². The Morgan fingerprint density at radius 1 is 0.533 bits per heavy atom. The fourth-order valence-corrected chi connectivity index (χ4v) is 3.49. The molecule has 0 amide bonds. The minimum Gasteiger partial charge on any atom is -0.325 e. The van der Waals surface area contributed by atoms with E-state index in [1.807, 2.05) is 0 Å². The van der Waals surface area contributed by atoms with Gasteiger partial charge in [0.05, 0.1) is 26.2 Å². The number of hydrogen-bond donors (Lipinski definition) is 2. The van der Waals surface area contributed by atoms with Crippen molar-refractivity contribution in [2.24, 2.45) is 0 Å². The third-order valence-electron chi connectivity index (χ3n) is 5.56. The van der Waals surface area contributed by atoms with E-state index in [1.54, 1.807) is 9.80 Å². The molecule has 0 atom stereocenters. The zero-order chi connectivity index (χ0) is 21.9. The Morgan fingerprint density at radius 2 is 0.833 bits per heavy atom. The van der Waals surface area contributed by atoms with Crippen molar-refractivity contribution in [3.05, 3.63) is 35.4 Å². The number of rotatable bonds is 14. The first-order chi connectivity index (χ1) is 14.7. The molecule has 0 spiro atoms. The molecule has 0 bridgehead atoms. The van der Waals surface area contributed by atoms with Gasteiger partial charge in [0.2, 0.25) is 0 Å². The molecule has 0 aliphatic carbocycles. The summed E-state index contributed by atoms with van der Waals surface area (Å²) in [6.45, 7) is 16.0. The molecule has 166 valence electrons. The second kappa shape index (κ2) is 18.1. The van der Waals surface area contributed by atoms with Crippen LogP contribution in [0.4, 0.5) is 0 Å². The number of nitrogens with one attached hydrogen (secondary N) is 2. The molecule has 0 radical (unpaired) electrons. The van der Waals surface area contributed by atoms with Crippen molar-refractivity contribution in [1.82, 2.24) is 0 Å². The fourth-order valence-electron chi connectivity index (χ4n) is 3.49. The van der Waals surface area contributed by atoms with E-state index in [2.05, 4.69) is 75.6 Å². The van der Waals surface area contributed by atoms with Gasteiger partial charge in [-0.2, -0.15) is 0 Å². The summed E-state index contributed by atoms with van der Waals surface area (Å²) < 4.78 is 0. The summed E-state index contributed by atoms with van der Waals surface area (Å²) >= 11 is 0. The van der Waals surface area contributed by atoms with Gasteiger partial charge in [0.15, 0.2) is 0 Å². The molecule has 0 fully saturated rings. The molecular formula is C28H46N2+2. The van der Waals surface area contributed by atoms with Crippen LogP contribution < -0.4 is 9.80 Å². The van der Waals surface area contributed by atoms with Crippen LogP contribution in [-0.2, 0) is 0 Å². The van der Waals surface area contributed by atoms with E-state index in [1.165, 1.54) is 77.5 Å². The molecule has 0 aliphatic heterocycles. The Labute approximate surface area is 187 Å².